The van der Waals surface area contributed by atoms with Gasteiger partial charge in [0.1, 0.15) is 19.2 Å². The molecule has 0 bridgehead atoms. The van der Waals surface area contributed by atoms with E-state index in [1.807, 2.05) is 24.3 Å². The molecule has 0 spiro atoms. The molecular formula is C14H12N4O3. The second-order valence-corrected chi connectivity index (χ2v) is 4.42. The van der Waals surface area contributed by atoms with Gasteiger partial charge in [0.15, 0.2) is 6.61 Å². The van der Waals surface area contributed by atoms with Gasteiger partial charge in [0, 0.05) is 22.7 Å². The van der Waals surface area contributed by atoms with Gasteiger partial charge in [-0.2, -0.15) is 5.10 Å². The van der Waals surface area contributed by atoms with E-state index in [0.29, 0.717) is 5.56 Å². The van der Waals surface area contributed by atoms with Crippen molar-refractivity contribution in [1.29, 1.82) is 0 Å². The van der Waals surface area contributed by atoms with Crippen molar-refractivity contribution < 1.29 is 14.3 Å². The van der Waals surface area contributed by atoms with Crippen LogP contribution < -0.4 is 0 Å². The predicted molar refractivity (Wildman–Crippen MR) is 73.6 cm³/mol. The maximum absolute atomic E-state index is 12.1. The highest BCUT2D eigenvalue weighted by Crippen LogP contribution is 2.18. The molecule has 0 saturated heterocycles. The Labute approximate surface area is 119 Å². The molecule has 1 aromatic carbocycles. The number of ether oxygens (including phenoxy) is 1. The molecule has 3 rings (SSSR count). The highest BCUT2D eigenvalue weighted by molar-refractivity contribution is 6.08. The number of aromatic nitrogens is 4. The zero-order valence-electron chi connectivity index (χ0n) is 11.0. The lowest BCUT2D eigenvalue weighted by Crippen LogP contribution is -2.18. The highest BCUT2D eigenvalue weighted by Gasteiger charge is 2.14. The highest BCUT2D eigenvalue weighted by atomic mass is 16.5. The van der Waals surface area contributed by atoms with E-state index in [-0.39, 0.29) is 18.9 Å². The van der Waals surface area contributed by atoms with E-state index in [1.54, 1.807) is 6.20 Å². The topological polar surface area (TPSA) is 89.9 Å². The van der Waals surface area contributed by atoms with E-state index in [0.717, 1.165) is 10.9 Å². The predicted octanol–water partition coefficient (Wildman–Crippen LogP) is 1.19. The summed E-state index contributed by atoms with van der Waals surface area (Å²) in [4.78, 5) is 30.4. The first kappa shape index (κ1) is 13.0. The second kappa shape index (κ2) is 5.58. The van der Waals surface area contributed by atoms with Gasteiger partial charge in [-0.15, -0.1) is 0 Å². The van der Waals surface area contributed by atoms with Crippen molar-refractivity contribution in [1.82, 2.24) is 19.7 Å². The molecule has 0 atom stereocenters. The van der Waals surface area contributed by atoms with Crippen LogP contribution in [0, 0.1) is 0 Å². The molecule has 0 aliphatic rings. The van der Waals surface area contributed by atoms with Crippen molar-refractivity contribution in [2.75, 3.05) is 6.61 Å². The number of carbonyl (C=O) groups excluding carboxylic acids is 2. The number of nitrogens with one attached hydrogen (secondary N) is 1. The first-order valence-electron chi connectivity index (χ1n) is 6.31. The second-order valence-electron chi connectivity index (χ2n) is 4.42. The number of para-hydroxylation sites is 1. The van der Waals surface area contributed by atoms with E-state index in [9.17, 15) is 9.59 Å². The van der Waals surface area contributed by atoms with Gasteiger partial charge in [0.25, 0.3) is 0 Å². The molecule has 1 N–H and O–H groups in total. The Morgan fingerprint density at radius 3 is 2.95 bits per heavy atom. The van der Waals surface area contributed by atoms with Crippen LogP contribution in [0.1, 0.15) is 10.4 Å². The molecule has 2 heterocycles. The summed E-state index contributed by atoms with van der Waals surface area (Å²) >= 11 is 0. The average molecular weight is 284 g/mol. The van der Waals surface area contributed by atoms with Gasteiger partial charge >= 0.3 is 5.97 Å². The van der Waals surface area contributed by atoms with E-state index in [1.165, 1.54) is 17.3 Å². The van der Waals surface area contributed by atoms with Crippen molar-refractivity contribution >= 4 is 22.7 Å². The summed E-state index contributed by atoms with van der Waals surface area (Å²) in [7, 11) is 0. The number of nitrogens with zero attached hydrogens (tertiary/aromatic N) is 3. The number of benzene rings is 1. The Morgan fingerprint density at radius 2 is 2.14 bits per heavy atom. The summed E-state index contributed by atoms with van der Waals surface area (Å²) in [6.45, 7) is -0.365. The molecule has 0 amide bonds. The van der Waals surface area contributed by atoms with Crippen molar-refractivity contribution in [3.8, 4) is 0 Å². The molecule has 21 heavy (non-hydrogen) atoms. The smallest absolute Gasteiger partial charge is 0.328 e. The largest absolute Gasteiger partial charge is 0.456 e. The fourth-order valence-corrected chi connectivity index (χ4v) is 2.02. The van der Waals surface area contributed by atoms with Crippen LogP contribution in [0.3, 0.4) is 0 Å². The number of ketones is 1. The number of aromatic amines is 1. The summed E-state index contributed by atoms with van der Waals surface area (Å²) in [5, 5.41) is 4.60. The number of esters is 1. The molecule has 0 aliphatic carbocycles. The van der Waals surface area contributed by atoms with Crippen molar-refractivity contribution in [2.24, 2.45) is 0 Å². The summed E-state index contributed by atoms with van der Waals surface area (Å²) in [5.74, 6) is -0.784. The molecular weight excluding hydrogens is 272 g/mol. The Hall–Kier alpha value is -2.96. The first-order chi connectivity index (χ1) is 10.2. The van der Waals surface area contributed by atoms with Gasteiger partial charge < -0.3 is 9.72 Å². The lowest BCUT2D eigenvalue weighted by molar-refractivity contribution is -0.143. The molecule has 7 heteroatoms. The van der Waals surface area contributed by atoms with Crippen molar-refractivity contribution in [3.05, 3.63) is 48.7 Å². The van der Waals surface area contributed by atoms with Gasteiger partial charge in [-0.1, -0.05) is 18.2 Å². The summed E-state index contributed by atoms with van der Waals surface area (Å²) in [5.41, 5.74) is 1.38. The van der Waals surface area contributed by atoms with Crippen LogP contribution in [0.15, 0.2) is 43.1 Å². The van der Waals surface area contributed by atoms with Crippen LogP contribution in [0.25, 0.3) is 10.9 Å². The van der Waals surface area contributed by atoms with Crippen molar-refractivity contribution in [2.45, 2.75) is 6.54 Å². The zero-order chi connectivity index (χ0) is 14.7. The lowest BCUT2D eigenvalue weighted by atomic mass is 10.1. The Kier molecular flexibility index (Phi) is 3.46. The quantitative estimate of drug-likeness (QED) is 0.561. The summed E-state index contributed by atoms with van der Waals surface area (Å²) < 4.78 is 6.29. The molecule has 0 radical (unpaired) electrons. The minimum Gasteiger partial charge on any atom is -0.456 e. The number of rotatable bonds is 5. The van der Waals surface area contributed by atoms with Crippen molar-refractivity contribution in [3.63, 3.8) is 0 Å². The van der Waals surface area contributed by atoms with Crippen LogP contribution >= 0.6 is 0 Å². The molecule has 0 fully saturated rings. The van der Waals surface area contributed by atoms with Gasteiger partial charge in [0.05, 0.1) is 0 Å². The first-order valence-corrected chi connectivity index (χ1v) is 6.31. The summed E-state index contributed by atoms with van der Waals surface area (Å²) in [6.07, 6.45) is 4.35. The molecule has 3 aromatic rings. The van der Waals surface area contributed by atoms with Crippen LogP contribution in [-0.2, 0) is 16.1 Å². The minimum absolute atomic E-state index is 0.0683. The maximum atomic E-state index is 12.1. The van der Waals surface area contributed by atoms with Crippen LogP contribution in [0.4, 0.5) is 0 Å². The van der Waals surface area contributed by atoms with Gasteiger partial charge in [-0.05, 0) is 6.07 Å². The normalized spacial score (nSPS) is 10.7. The molecule has 0 saturated carbocycles. The standard InChI is InChI=1S/C14H12N4O3/c19-13(7-21-14(20)6-18-9-15-8-17-18)11-5-16-12-4-2-1-3-10(11)12/h1-5,8-9,16H,6-7H2. The number of hydrogen-bond acceptors (Lipinski definition) is 5. The third-order valence-corrected chi connectivity index (χ3v) is 3.01. The fraction of sp³-hybridized carbons (Fsp3) is 0.143. The fourth-order valence-electron chi connectivity index (χ4n) is 2.02. The number of Topliss-reactive ketones (excluding diaryl/α,β-unsaturated/α-hetero) is 1. The summed E-state index contributed by atoms with van der Waals surface area (Å²) in [6, 6.07) is 7.45. The number of hydrogen-bond donors (Lipinski definition) is 1. The molecule has 2 aromatic heterocycles. The van der Waals surface area contributed by atoms with E-state index < -0.39 is 5.97 Å². The van der Waals surface area contributed by atoms with E-state index in [2.05, 4.69) is 15.1 Å². The monoisotopic (exact) mass is 284 g/mol. The lowest BCUT2D eigenvalue weighted by Gasteiger charge is -2.03. The average Bonchev–Trinajstić information content (AvgIpc) is 3.13. The van der Waals surface area contributed by atoms with E-state index >= 15 is 0 Å². The minimum atomic E-state index is -0.534. The van der Waals surface area contributed by atoms with E-state index in [4.69, 9.17) is 4.74 Å². The Morgan fingerprint density at radius 1 is 1.29 bits per heavy atom. The number of carbonyl (C=O) groups is 2. The molecule has 7 nitrogen and oxygen atoms in total. The zero-order valence-corrected chi connectivity index (χ0v) is 11.0. The maximum Gasteiger partial charge on any atom is 0.328 e. The van der Waals surface area contributed by atoms with Crippen LogP contribution in [0.5, 0.6) is 0 Å². The third kappa shape index (κ3) is 2.81. The van der Waals surface area contributed by atoms with Gasteiger partial charge in [-0.3, -0.25) is 9.59 Å². The SMILES string of the molecule is O=C(Cn1cncn1)OCC(=O)c1c[nH]c2ccccc12. The third-order valence-electron chi connectivity index (χ3n) is 3.01. The molecule has 0 aliphatic heterocycles. The molecule has 0 unspecified atom stereocenters. The number of fused-ring (bicyclic) bond motifs is 1. The van der Waals surface area contributed by atoms with Crippen LogP contribution in [-0.4, -0.2) is 38.1 Å². The van der Waals surface area contributed by atoms with Crippen LogP contribution in [0.2, 0.25) is 0 Å². The van der Waals surface area contributed by atoms with Gasteiger partial charge in [0.2, 0.25) is 5.78 Å². The Bertz CT molecular complexity index is 776. The Balaban J connectivity index is 1.63. The number of H-pyrrole nitrogens is 1. The van der Waals surface area contributed by atoms with Gasteiger partial charge in [-0.25, -0.2) is 9.67 Å². The molecule has 106 valence electrons.